The molecule has 2 aromatic rings. The number of aromatic nitrogens is 1. The Morgan fingerprint density at radius 1 is 1.43 bits per heavy atom. The molecule has 3 heterocycles. The van der Waals surface area contributed by atoms with E-state index in [1.165, 1.54) is 0 Å². The van der Waals surface area contributed by atoms with Crippen LogP contribution in [0.25, 0.3) is 0 Å². The molecule has 1 aliphatic heterocycles. The molecule has 1 fully saturated rings. The summed E-state index contributed by atoms with van der Waals surface area (Å²) in [6.45, 7) is 4.73. The van der Waals surface area contributed by atoms with Crippen LogP contribution in [0.2, 0.25) is 0 Å². The molecule has 1 aliphatic rings. The minimum Gasteiger partial charge on any atom is -0.481 e. The Morgan fingerprint density at radius 2 is 2.30 bits per heavy atom. The van der Waals surface area contributed by atoms with Gasteiger partial charge in [-0.15, -0.1) is 11.3 Å². The predicted octanol–water partition coefficient (Wildman–Crippen LogP) is 2.46. The van der Waals surface area contributed by atoms with Crippen molar-refractivity contribution in [3.05, 3.63) is 45.8 Å². The van der Waals surface area contributed by atoms with Crippen LogP contribution in [0.15, 0.2) is 30.5 Å². The first-order valence-corrected chi connectivity index (χ1v) is 8.54. The topological polar surface area (TPSA) is 54.5 Å². The van der Waals surface area contributed by atoms with Crippen LogP contribution in [0, 0.1) is 6.92 Å². The Hall–Kier alpha value is -1.92. The first-order chi connectivity index (χ1) is 11.1. The van der Waals surface area contributed by atoms with Crippen molar-refractivity contribution in [3.63, 3.8) is 0 Å². The summed E-state index contributed by atoms with van der Waals surface area (Å²) in [6.07, 6.45) is 2.83. The lowest BCUT2D eigenvalue weighted by Gasteiger charge is -2.16. The van der Waals surface area contributed by atoms with E-state index in [1.807, 2.05) is 37.4 Å². The zero-order valence-electron chi connectivity index (χ0n) is 13.4. The summed E-state index contributed by atoms with van der Waals surface area (Å²) in [5.41, 5.74) is 1.16. The van der Waals surface area contributed by atoms with Gasteiger partial charge in [-0.3, -0.25) is 9.69 Å². The molecule has 3 rings (SSSR count). The maximum Gasteiger partial charge on any atom is 0.261 e. The molecular weight excluding hydrogens is 310 g/mol. The van der Waals surface area contributed by atoms with Gasteiger partial charge in [-0.25, -0.2) is 4.98 Å². The molecule has 0 saturated carbocycles. The van der Waals surface area contributed by atoms with Crippen LogP contribution in [-0.4, -0.2) is 42.0 Å². The Kier molecular flexibility index (Phi) is 4.93. The van der Waals surface area contributed by atoms with Gasteiger partial charge in [0, 0.05) is 42.8 Å². The third kappa shape index (κ3) is 4.09. The number of methoxy groups -OCH3 is 1. The maximum atomic E-state index is 12.2. The van der Waals surface area contributed by atoms with Crippen molar-refractivity contribution in [1.29, 1.82) is 0 Å². The second kappa shape index (κ2) is 7.10. The highest BCUT2D eigenvalue weighted by Crippen LogP contribution is 2.18. The number of rotatable bonds is 5. The van der Waals surface area contributed by atoms with Crippen molar-refractivity contribution < 1.29 is 9.53 Å². The standard InChI is InChI=1S/C17H21N3O2S/c1-12-3-5-15(23-12)17(21)19-14-7-8-20(11-14)10-13-4-6-16(22-2)18-9-13/h3-6,9,14H,7-8,10-11H2,1-2H3,(H,19,21)/t14-/m0/s1. The summed E-state index contributed by atoms with van der Waals surface area (Å²) >= 11 is 1.54. The predicted molar refractivity (Wildman–Crippen MR) is 91.0 cm³/mol. The first kappa shape index (κ1) is 16.0. The summed E-state index contributed by atoms with van der Waals surface area (Å²) in [7, 11) is 1.62. The molecule has 0 aliphatic carbocycles. The molecule has 0 bridgehead atoms. The fourth-order valence-corrected chi connectivity index (χ4v) is 3.56. The van der Waals surface area contributed by atoms with E-state index in [0.29, 0.717) is 5.88 Å². The smallest absolute Gasteiger partial charge is 0.261 e. The Labute approximate surface area is 140 Å². The van der Waals surface area contributed by atoms with Crippen LogP contribution < -0.4 is 10.1 Å². The van der Waals surface area contributed by atoms with Crippen molar-refractivity contribution in [2.75, 3.05) is 20.2 Å². The van der Waals surface area contributed by atoms with Gasteiger partial charge in [-0.2, -0.15) is 0 Å². The fourth-order valence-electron chi connectivity index (χ4n) is 2.79. The fraction of sp³-hybridized carbons (Fsp3) is 0.412. The molecule has 5 nitrogen and oxygen atoms in total. The van der Waals surface area contributed by atoms with E-state index in [1.54, 1.807) is 18.4 Å². The quantitative estimate of drug-likeness (QED) is 0.914. The van der Waals surface area contributed by atoms with Gasteiger partial charge < -0.3 is 10.1 Å². The molecule has 1 saturated heterocycles. The largest absolute Gasteiger partial charge is 0.481 e. The second-order valence-electron chi connectivity index (χ2n) is 5.81. The monoisotopic (exact) mass is 331 g/mol. The first-order valence-electron chi connectivity index (χ1n) is 7.72. The van der Waals surface area contributed by atoms with Crippen molar-refractivity contribution >= 4 is 17.2 Å². The van der Waals surface area contributed by atoms with E-state index in [0.717, 1.165) is 41.4 Å². The number of likely N-dealkylation sites (tertiary alicyclic amines) is 1. The van der Waals surface area contributed by atoms with Crippen molar-refractivity contribution in [3.8, 4) is 5.88 Å². The van der Waals surface area contributed by atoms with E-state index >= 15 is 0 Å². The molecule has 0 aromatic carbocycles. The number of aryl methyl sites for hydroxylation is 1. The molecule has 1 atom stereocenters. The van der Waals surface area contributed by atoms with Gasteiger partial charge in [-0.1, -0.05) is 6.07 Å². The summed E-state index contributed by atoms with van der Waals surface area (Å²) in [5.74, 6) is 0.674. The molecular formula is C17H21N3O2S. The van der Waals surface area contributed by atoms with E-state index in [9.17, 15) is 4.79 Å². The number of hydrogen-bond acceptors (Lipinski definition) is 5. The summed E-state index contributed by atoms with van der Waals surface area (Å²) < 4.78 is 5.07. The molecule has 122 valence electrons. The SMILES string of the molecule is COc1ccc(CN2CC[C@H](NC(=O)c3ccc(C)s3)C2)cn1. The van der Waals surface area contributed by atoms with Crippen LogP contribution in [0.1, 0.15) is 26.5 Å². The van der Waals surface area contributed by atoms with E-state index in [-0.39, 0.29) is 11.9 Å². The molecule has 0 unspecified atom stereocenters. The average molecular weight is 331 g/mol. The molecule has 23 heavy (non-hydrogen) atoms. The van der Waals surface area contributed by atoms with Gasteiger partial charge in [-0.05, 0) is 31.0 Å². The minimum absolute atomic E-state index is 0.0427. The van der Waals surface area contributed by atoms with Crippen LogP contribution >= 0.6 is 11.3 Å². The average Bonchev–Trinajstić information content (AvgIpc) is 3.17. The number of pyridine rings is 1. The lowest BCUT2D eigenvalue weighted by molar-refractivity contribution is 0.0941. The zero-order valence-corrected chi connectivity index (χ0v) is 14.2. The lowest BCUT2D eigenvalue weighted by Crippen LogP contribution is -2.36. The van der Waals surface area contributed by atoms with E-state index in [4.69, 9.17) is 4.74 Å². The van der Waals surface area contributed by atoms with E-state index in [2.05, 4.69) is 15.2 Å². The molecule has 2 aromatic heterocycles. The molecule has 1 amide bonds. The highest BCUT2D eigenvalue weighted by molar-refractivity contribution is 7.13. The molecule has 1 N–H and O–H groups in total. The van der Waals surface area contributed by atoms with Crippen LogP contribution in [0.3, 0.4) is 0 Å². The minimum atomic E-state index is 0.0427. The molecule has 0 spiro atoms. The molecule has 0 radical (unpaired) electrons. The van der Waals surface area contributed by atoms with E-state index < -0.39 is 0 Å². The third-order valence-electron chi connectivity index (χ3n) is 3.98. The van der Waals surface area contributed by atoms with Gasteiger partial charge in [0.15, 0.2) is 0 Å². The Bertz CT molecular complexity index is 669. The highest BCUT2D eigenvalue weighted by atomic mass is 32.1. The molecule has 6 heteroatoms. The van der Waals surface area contributed by atoms with Gasteiger partial charge in [0.2, 0.25) is 5.88 Å². The lowest BCUT2D eigenvalue weighted by atomic mass is 10.2. The van der Waals surface area contributed by atoms with Crippen LogP contribution in [0.4, 0.5) is 0 Å². The number of nitrogens with zero attached hydrogens (tertiary/aromatic N) is 2. The third-order valence-corrected chi connectivity index (χ3v) is 4.98. The van der Waals surface area contributed by atoms with Crippen LogP contribution in [-0.2, 0) is 6.54 Å². The Balaban J connectivity index is 1.50. The number of hydrogen-bond donors (Lipinski definition) is 1. The number of carbonyl (C=O) groups excluding carboxylic acids is 1. The number of nitrogens with one attached hydrogen (secondary N) is 1. The summed E-state index contributed by atoms with van der Waals surface area (Å²) in [4.78, 5) is 20.7. The highest BCUT2D eigenvalue weighted by Gasteiger charge is 2.24. The Morgan fingerprint density at radius 3 is 2.96 bits per heavy atom. The van der Waals surface area contributed by atoms with Crippen molar-refractivity contribution in [2.45, 2.75) is 25.9 Å². The van der Waals surface area contributed by atoms with Crippen molar-refractivity contribution in [2.24, 2.45) is 0 Å². The maximum absolute atomic E-state index is 12.2. The van der Waals surface area contributed by atoms with Gasteiger partial charge in [0.25, 0.3) is 5.91 Å². The number of ether oxygens (including phenoxy) is 1. The van der Waals surface area contributed by atoms with Crippen molar-refractivity contribution in [1.82, 2.24) is 15.2 Å². The normalized spacial score (nSPS) is 18.1. The van der Waals surface area contributed by atoms with Crippen LogP contribution in [0.5, 0.6) is 5.88 Å². The number of carbonyl (C=O) groups is 1. The number of thiophene rings is 1. The van der Waals surface area contributed by atoms with Gasteiger partial charge >= 0.3 is 0 Å². The zero-order chi connectivity index (χ0) is 16.2. The van der Waals surface area contributed by atoms with Gasteiger partial charge in [0.1, 0.15) is 0 Å². The number of amides is 1. The summed E-state index contributed by atoms with van der Waals surface area (Å²) in [5, 5.41) is 3.14. The summed E-state index contributed by atoms with van der Waals surface area (Å²) in [6, 6.07) is 8.01. The second-order valence-corrected chi connectivity index (χ2v) is 7.10. The van der Waals surface area contributed by atoms with Gasteiger partial charge in [0.05, 0.1) is 12.0 Å².